The first-order valence-corrected chi connectivity index (χ1v) is 10.4. The van der Waals surface area contributed by atoms with Crippen LogP contribution in [0.3, 0.4) is 0 Å². The summed E-state index contributed by atoms with van der Waals surface area (Å²) in [7, 11) is 0. The number of fused-ring (bicyclic) bond motifs is 1. The first kappa shape index (κ1) is 21.7. The second-order valence-corrected chi connectivity index (χ2v) is 8.83. The molecule has 170 valence electrons. The number of carbonyl (C=O) groups is 5. The number of imide groups is 2. The van der Waals surface area contributed by atoms with Gasteiger partial charge in [0.05, 0.1) is 5.56 Å². The maximum atomic E-state index is 12.9. The molecule has 2 saturated heterocycles. The molecule has 2 fully saturated rings. The third kappa shape index (κ3) is 3.99. The molecule has 3 aliphatic heterocycles. The molecular formula is C20H24N6O6. The smallest absolute Gasteiger partial charge is 0.410 e. The maximum Gasteiger partial charge on any atom is 0.410 e. The van der Waals surface area contributed by atoms with Crippen LogP contribution in [0.4, 0.5) is 10.7 Å². The number of carbonyl (C=O) groups excluding carboxylic acids is 5. The Balaban J connectivity index is 1.46. The molecule has 12 nitrogen and oxygen atoms in total. The van der Waals surface area contributed by atoms with Gasteiger partial charge in [0.25, 0.3) is 11.8 Å². The minimum absolute atomic E-state index is 0.0239. The minimum Gasteiger partial charge on any atom is -0.444 e. The van der Waals surface area contributed by atoms with Gasteiger partial charge in [0.1, 0.15) is 17.3 Å². The monoisotopic (exact) mass is 444 g/mol. The SMILES string of the molecule is CC(C)(C)OC(=O)N1CCN(c2ncc3c(n2)C(=O)N(C2CCC(=O)NC2=O)C3=O)CC1. The van der Waals surface area contributed by atoms with Crippen molar-refractivity contribution < 1.29 is 28.7 Å². The number of amides is 5. The Kier molecular flexibility index (Phi) is 5.31. The largest absolute Gasteiger partial charge is 0.444 e. The van der Waals surface area contributed by atoms with Gasteiger partial charge in [-0.2, -0.15) is 0 Å². The van der Waals surface area contributed by atoms with Gasteiger partial charge in [-0.15, -0.1) is 0 Å². The van der Waals surface area contributed by atoms with Gasteiger partial charge in [-0.05, 0) is 27.2 Å². The molecule has 0 aliphatic carbocycles. The zero-order valence-corrected chi connectivity index (χ0v) is 18.1. The number of nitrogens with zero attached hydrogens (tertiary/aromatic N) is 5. The second kappa shape index (κ2) is 7.84. The summed E-state index contributed by atoms with van der Waals surface area (Å²) in [6.07, 6.45) is 1.00. The summed E-state index contributed by atoms with van der Waals surface area (Å²) in [5.41, 5.74) is -0.631. The molecular weight excluding hydrogens is 420 g/mol. The van der Waals surface area contributed by atoms with E-state index in [1.165, 1.54) is 6.20 Å². The van der Waals surface area contributed by atoms with E-state index in [-0.39, 0.29) is 30.0 Å². The molecule has 0 bridgehead atoms. The first-order chi connectivity index (χ1) is 15.0. The second-order valence-electron chi connectivity index (χ2n) is 8.83. The average molecular weight is 444 g/mol. The van der Waals surface area contributed by atoms with Crippen LogP contribution in [0.2, 0.25) is 0 Å². The quantitative estimate of drug-likeness (QED) is 0.621. The van der Waals surface area contributed by atoms with Gasteiger partial charge in [-0.3, -0.25) is 29.4 Å². The number of rotatable bonds is 2. The molecule has 4 rings (SSSR count). The van der Waals surface area contributed by atoms with Crippen molar-refractivity contribution in [3.63, 3.8) is 0 Å². The third-order valence-electron chi connectivity index (χ3n) is 5.38. The Labute approximate surface area is 183 Å². The fourth-order valence-electron chi connectivity index (χ4n) is 3.81. The number of piperidine rings is 1. The molecule has 1 atom stereocenters. The highest BCUT2D eigenvalue weighted by atomic mass is 16.6. The molecule has 12 heteroatoms. The van der Waals surface area contributed by atoms with Crippen LogP contribution < -0.4 is 10.2 Å². The Morgan fingerprint density at radius 2 is 1.78 bits per heavy atom. The van der Waals surface area contributed by atoms with E-state index in [4.69, 9.17) is 4.74 Å². The lowest BCUT2D eigenvalue weighted by Gasteiger charge is -2.35. The molecule has 5 amide bonds. The van der Waals surface area contributed by atoms with Gasteiger partial charge in [0, 0.05) is 38.8 Å². The molecule has 0 aromatic carbocycles. The lowest BCUT2D eigenvalue weighted by molar-refractivity contribution is -0.136. The Morgan fingerprint density at radius 1 is 1.09 bits per heavy atom. The average Bonchev–Trinajstić information content (AvgIpc) is 2.97. The van der Waals surface area contributed by atoms with Crippen molar-refractivity contribution in [2.24, 2.45) is 0 Å². The van der Waals surface area contributed by atoms with Crippen molar-refractivity contribution in [1.82, 2.24) is 25.1 Å². The van der Waals surface area contributed by atoms with Crippen LogP contribution in [-0.2, 0) is 14.3 Å². The van der Waals surface area contributed by atoms with Crippen LogP contribution in [0, 0.1) is 0 Å². The number of ether oxygens (including phenoxy) is 1. The number of hydrogen-bond donors (Lipinski definition) is 1. The Bertz CT molecular complexity index is 1010. The standard InChI is InChI=1S/C20H24N6O6/c1-20(2,3)32-19(31)25-8-6-24(7-9-25)18-21-10-11-14(23-18)17(30)26(16(11)29)12-4-5-13(27)22-15(12)28/h10,12H,4-9H2,1-3H3,(H,22,27,28). The van der Waals surface area contributed by atoms with Gasteiger partial charge in [0.2, 0.25) is 17.8 Å². The van der Waals surface area contributed by atoms with E-state index in [1.54, 1.807) is 25.7 Å². The number of piperazine rings is 1. The van der Waals surface area contributed by atoms with Gasteiger partial charge >= 0.3 is 6.09 Å². The van der Waals surface area contributed by atoms with Gasteiger partial charge in [-0.25, -0.2) is 14.8 Å². The zero-order valence-electron chi connectivity index (χ0n) is 18.1. The first-order valence-electron chi connectivity index (χ1n) is 10.4. The van der Waals surface area contributed by atoms with E-state index in [2.05, 4.69) is 15.3 Å². The van der Waals surface area contributed by atoms with Crippen LogP contribution in [0.15, 0.2) is 6.20 Å². The number of hydrogen-bond acceptors (Lipinski definition) is 9. The van der Waals surface area contributed by atoms with E-state index in [9.17, 15) is 24.0 Å². The third-order valence-corrected chi connectivity index (χ3v) is 5.38. The molecule has 0 spiro atoms. The summed E-state index contributed by atoms with van der Waals surface area (Å²) in [4.78, 5) is 74.2. The fraction of sp³-hybridized carbons (Fsp3) is 0.550. The van der Waals surface area contributed by atoms with Crippen molar-refractivity contribution in [1.29, 1.82) is 0 Å². The summed E-state index contributed by atoms with van der Waals surface area (Å²) in [5.74, 6) is -2.19. The molecule has 1 aromatic heterocycles. The van der Waals surface area contributed by atoms with E-state index in [1.807, 2.05) is 4.90 Å². The molecule has 1 N–H and O–H groups in total. The predicted molar refractivity (Wildman–Crippen MR) is 109 cm³/mol. The topological polar surface area (TPSA) is 142 Å². The van der Waals surface area contributed by atoms with Gasteiger partial charge in [-0.1, -0.05) is 0 Å². The molecule has 1 aromatic rings. The highest BCUT2D eigenvalue weighted by molar-refractivity contribution is 6.22. The van der Waals surface area contributed by atoms with Gasteiger partial charge in [0.15, 0.2) is 0 Å². The van der Waals surface area contributed by atoms with Crippen molar-refractivity contribution in [3.05, 3.63) is 17.5 Å². The van der Waals surface area contributed by atoms with Crippen LogP contribution in [-0.4, -0.2) is 87.3 Å². The molecule has 0 radical (unpaired) electrons. The van der Waals surface area contributed by atoms with Crippen LogP contribution in [0.1, 0.15) is 54.5 Å². The van der Waals surface area contributed by atoms with Gasteiger partial charge < -0.3 is 14.5 Å². The van der Waals surface area contributed by atoms with Crippen LogP contribution in [0.25, 0.3) is 0 Å². The minimum atomic E-state index is -1.05. The predicted octanol–water partition coefficient (Wildman–Crippen LogP) is -0.0651. The summed E-state index contributed by atoms with van der Waals surface area (Å²) < 4.78 is 5.39. The highest BCUT2D eigenvalue weighted by Crippen LogP contribution is 2.27. The lowest BCUT2D eigenvalue weighted by atomic mass is 10.0. The fourth-order valence-corrected chi connectivity index (χ4v) is 3.81. The van der Waals surface area contributed by atoms with E-state index in [0.29, 0.717) is 26.2 Å². The van der Waals surface area contributed by atoms with Crippen LogP contribution in [0.5, 0.6) is 0 Å². The number of anilines is 1. The molecule has 4 heterocycles. The summed E-state index contributed by atoms with van der Waals surface area (Å²) in [6, 6.07) is -1.05. The Hall–Kier alpha value is -3.57. The van der Waals surface area contributed by atoms with Crippen molar-refractivity contribution in [3.8, 4) is 0 Å². The molecule has 32 heavy (non-hydrogen) atoms. The zero-order chi connectivity index (χ0) is 23.2. The molecule has 1 unspecified atom stereocenters. The highest BCUT2D eigenvalue weighted by Gasteiger charge is 2.46. The van der Waals surface area contributed by atoms with Crippen molar-refractivity contribution >= 4 is 35.7 Å². The van der Waals surface area contributed by atoms with E-state index < -0.39 is 41.4 Å². The number of aromatic nitrogens is 2. The van der Waals surface area contributed by atoms with E-state index >= 15 is 0 Å². The normalized spacial score (nSPS) is 21.6. The van der Waals surface area contributed by atoms with Crippen molar-refractivity contribution in [2.45, 2.75) is 45.3 Å². The van der Waals surface area contributed by atoms with Crippen molar-refractivity contribution in [2.75, 3.05) is 31.1 Å². The Morgan fingerprint density at radius 3 is 2.41 bits per heavy atom. The number of nitrogens with one attached hydrogen (secondary N) is 1. The van der Waals surface area contributed by atoms with Crippen LogP contribution >= 0.6 is 0 Å². The lowest BCUT2D eigenvalue weighted by Crippen LogP contribution is -2.54. The maximum absolute atomic E-state index is 12.9. The summed E-state index contributed by atoms with van der Waals surface area (Å²) in [5, 5.41) is 2.15. The summed E-state index contributed by atoms with van der Waals surface area (Å²) >= 11 is 0. The summed E-state index contributed by atoms with van der Waals surface area (Å²) in [6.45, 7) is 7.05. The van der Waals surface area contributed by atoms with E-state index in [0.717, 1.165) is 4.90 Å². The molecule has 3 aliphatic rings. The molecule has 0 saturated carbocycles.